The molecule has 0 unspecified atom stereocenters. The van der Waals surface area contributed by atoms with Crippen LogP contribution in [0, 0.1) is 6.92 Å². The summed E-state index contributed by atoms with van der Waals surface area (Å²) in [5.74, 6) is 0. The summed E-state index contributed by atoms with van der Waals surface area (Å²) >= 11 is 5.85. The van der Waals surface area contributed by atoms with Crippen LogP contribution >= 0.6 is 11.6 Å². The molecule has 0 saturated heterocycles. The topological polar surface area (TPSA) is 63.4 Å². The van der Waals surface area contributed by atoms with Crippen LogP contribution in [0.25, 0.3) is 0 Å². The summed E-state index contributed by atoms with van der Waals surface area (Å²) < 4.78 is 26.4. The van der Waals surface area contributed by atoms with Crippen LogP contribution in [-0.2, 0) is 10.0 Å². The Morgan fingerprint density at radius 3 is 2.40 bits per heavy atom. The fourth-order valence-corrected chi connectivity index (χ4v) is 3.39. The number of nitrogens with two attached hydrogens (primary N) is 1. The van der Waals surface area contributed by atoms with Crippen LogP contribution in [0.5, 0.6) is 0 Å². The van der Waals surface area contributed by atoms with Crippen molar-refractivity contribution in [2.24, 2.45) is 0 Å². The lowest BCUT2D eigenvalue weighted by atomic mass is 10.2. The lowest BCUT2D eigenvalue weighted by Crippen LogP contribution is -2.27. The van der Waals surface area contributed by atoms with E-state index in [0.29, 0.717) is 22.0 Å². The molecule has 2 rings (SSSR count). The van der Waals surface area contributed by atoms with Crippen molar-refractivity contribution in [3.05, 3.63) is 53.1 Å². The van der Waals surface area contributed by atoms with E-state index in [0.717, 1.165) is 0 Å². The molecule has 0 radical (unpaired) electrons. The van der Waals surface area contributed by atoms with Gasteiger partial charge in [-0.3, -0.25) is 4.31 Å². The van der Waals surface area contributed by atoms with Crippen molar-refractivity contribution in [3.8, 4) is 0 Å². The first-order valence-corrected chi connectivity index (χ1v) is 7.75. The van der Waals surface area contributed by atoms with Crippen molar-refractivity contribution >= 4 is 33.0 Å². The van der Waals surface area contributed by atoms with Crippen LogP contribution in [0.15, 0.2) is 47.4 Å². The van der Waals surface area contributed by atoms with E-state index in [1.165, 1.54) is 17.4 Å². The Morgan fingerprint density at radius 2 is 1.80 bits per heavy atom. The maximum Gasteiger partial charge on any atom is 0.264 e. The first-order valence-electron chi connectivity index (χ1n) is 5.93. The summed E-state index contributed by atoms with van der Waals surface area (Å²) in [4.78, 5) is 0.274. The zero-order valence-electron chi connectivity index (χ0n) is 11.2. The Kier molecular flexibility index (Phi) is 3.92. The molecule has 0 aliphatic carbocycles. The zero-order chi connectivity index (χ0) is 14.9. The van der Waals surface area contributed by atoms with Gasteiger partial charge in [-0.25, -0.2) is 8.42 Å². The van der Waals surface area contributed by atoms with Gasteiger partial charge in [-0.2, -0.15) is 0 Å². The van der Waals surface area contributed by atoms with E-state index < -0.39 is 10.0 Å². The molecule has 2 aromatic rings. The lowest BCUT2D eigenvalue weighted by Gasteiger charge is -2.21. The second-order valence-electron chi connectivity index (χ2n) is 4.44. The number of nitrogens with zero attached hydrogens (tertiary/aromatic N) is 1. The van der Waals surface area contributed by atoms with Gasteiger partial charge >= 0.3 is 0 Å². The predicted molar refractivity (Wildman–Crippen MR) is 82.6 cm³/mol. The van der Waals surface area contributed by atoms with Gasteiger partial charge in [0.05, 0.1) is 21.3 Å². The van der Waals surface area contributed by atoms with Gasteiger partial charge in [0.25, 0.3) is 10.0 Å². The van der Waals surface area contributed by atoms with E-state index in [-0.39, 0.29) is 4.90 Å². The molecular weight excluding hydrogens is 296 g/mol. The lowest BCUT2D eigenvalue weighted by molar-refractivity contribution is 0.594. The SMILES string of the molecule is Cc1ccccc1S(=O)(=O)N(C)c1ccc(Cl)c(N)c1. The van der Waals surface area contributed by atoms with Crippen LogP contribution in [0.3, 0.4) is 0 Å². The Bertz CT molecular complexity index is 745. The summed E-state index contributed by atoms with van der Waals surface area (Å²) in [6, 6.07) is 11.6. The van der Waals surface area contributed by atoms with E-state index in [1.54, 1.807) is 43.3 Å². The molecule has 0 aromatic heterocycles. The highest BCUT2D eigenvalue weighted by molar-refractivity contribution is 7.92. The fourth-order valence-electron chi connectivity index (χ4n) is 1.86. The number of rotatable bonds is 3. The third-order valence-corrected chi connectivity index (χ3v) is 5.37. The van der Waals surface area contributed by atoms with Gasteiger partial charge in [0.2, 0.25) is 0 Å². The van der Waals surface area contributed by atoms with E-state index >= 15 is 0 Å². The van der Waals surface area contributed by atoms with Crippen LogP contribution in [0.1, 0.15) is 5.56 Å². The summed E-state index contributed by atoms with van der Waals surface area (Å²) in [5, 5.41) is 0.399. The van der Waals surface area contributed by atoms with E-state index in [1.807, 2.05) is 0 Å². The van der Waals surface area contributed by atoms with Gasteiger partial charge < -0.3 is 5.73 Å². The number of halogens is 1. The zero-order valence-corrected chi connectivity index (χ0v) is 12.7. The third kappa shape index (κ3) is 2.59. The molecule has 0 heterocycles. The molecule has 0 aliphatic rings. The highest BCUT2D eigenvalue weighted by atomic mass is 35.5. The average Bonchev–Trinajstić information content (AvgIpc) is 2.41. The molecular formula is C14H15ClN2O2S. The number of nitrogen functional groups attached to an aromatic ring is 1. The standard InChI is InChI=1S/C14H15ClN2O2S/c1-10-5-3-4-6-14(10)20(18,19)17(2)11-7-8-12(15)13(16)9-11/h3-9H,16H2,1-2H3. The minimum Gasteiger partial charge on any atom is -0.397 e. The van der Waals surface area contributed by atoms with Crippen LogP contribution in [0.2, 0.25) is 5.02 Å². The quantitative estimate of drug-likeness (QED) is 0.886. The molecule has 0 fully saturated rings. The Morgan fingerprint density at radius 1 is 1.15 bits per heavy atom. The monoisotopic (exact) mass is 310 g/mol. The second kappa shape index (κ2) is 5.34. The Balaban J connectivity index is 2.49. The van der Waals surface area contributed by atoms with Gasteiger partial charge in [0.15, 0.2) is 0 Å². The first kappa shape index (κ1) is 14.7. The predicted octanol–water partition coefficient (Wildman–Crippen LogP) is 3.06. The smallest absolute Gasteiger partial charge is 0.264 e. The van der Waals surface area contributed by atoms with E-state index in [9.17, 15) is 8.42 Å². The molecule has 2 N–H and O–H groups in total. The molecule has 0 aliphatic heterocycles. The largest absolute Gasteiger partial charge is 0.397 e. The molecule has 106 valence electrons. The summed E-state index contributed by atoms with van der Waals surface area (Å²) in [5.41, 5.74) is 7.22. The van der Waals surface area contributed by atoms with Gasteiger partial charge in [-0.05, 0) is 36.8 Å². The van der Waals surface area contributed by atoms with Crippen molar-refractivity contribution in [1.29, 1.82) is 0 Å². The fraction of sp³-hybridized carbons (Fsp3) is 0.143. The summed E-state index contributed by atoms with van der Waals surface area (Å²) in [6.07, 6.45) is 0. The minimum absolute atomic E-state index is 0.274. The van der Waals surface area contributed by atoms with E-state index in [2.05, 4.69) is 0 Å². The number of sulfonamides is 1. The third-order valence-electron chi connectivity index (χ3n) is 3.08. The van der Waals surface area contributed by atoms with Gasteiger partial charge in [-0.15, -0.1) is 0 Å². The number of benzene rings is 2. The van der Waals surface area contributed by atoms with E-state index in [4.69, 9.17) is 17.3 Å². The average molecular weight is 311 g/mol. The molecule has 0 bridgehead atoms. The van der Waals surface area contributed by atoms with Crippen molar-refractivity contribution in [1.82, 2.24) is 0 Å². The maximum atomic E-state index is 12.6. The first-order chi connectivity index (χ1) is 9.34. The Labute approximate surface area is 123 Å². The number of anilines is 2. The number of hydrogen-bond donors (Lipinski definition) is 1. The molecule has 20 heavy (non-hydrogen) atoms. The van der Waals surface area contributed by atoms with Crippen molar-refractivity contribution < 1.29 is 8.42 Å². The Hall–Kier alpha value is -1.72. The van der Waals surface area contributed by atoms with Gasteiger partial charge in [0.1, 0.15) is 0 Å². The molecule has 4 nitrogen and oxygen atoms in total. The van der Waals surface area contributed by atoms with Gasteiger partial charge in [0, 0.05) is 7.05 Å². The van der Waals surface area contributed by atoms with Crippen molar-refractivity contribution in [3.63, 3.8) is 0 Å². The normalized spacial score (nSPS) is 11.3. The summed E-state index contributed by atoms with van der Waals surface area (Å²) in [7, 11) is -2.13. The highest BCUT2D eigenvalue weighted by Gasteiger charge is 2.23. The molecule has 0 spiro atoms. The second-order valence-corrected chi connectivity index (χ2v) is 6.79. The number of hydrogen-bond acceptors (Lipinski definition) is 3. The van der Waals surface area contributed by atoms with Crippen molar-refractivity contribution in [2.45, 2.75) is 11.8 Å². The molecule has 6 heteroatoms. The van der Waals surface area contributed by atoms with Crippen LogP contribution in [0.4, 0.5) is 11.4 Å². The molecule has 0 saturated carbocycles. The number of aryl methyl sites for hydroxylation is 1. The van der Waals surface area contributed by atoms with Crippen LogP contribution in [-0.4, -0.2) is 15.5 Å². The van der Waals surface area contributed by atoms with Crippen LogP contribution < -0.4 is 10.0 Å². The molecule has 0 amide bonds. The minimum atomic E-state index is -3.62. The van der Waals surface area contributed by atoms with Crippen molar-refractivity contribution in [2.75, 3.05) is 17.1 Å². The highest BCUT2D eigenvalue weighted by Crippen LogP contribution is 2.28. The molecule has 2 aromatic carbocycles. The maximum absolute atomic E-state index is 12.6. The summed E-state index contributed by atoms with van der Waals surface area (Å²) in [6.45, 7) is 1.76. The molecule has 0 atom stereocenters. The van der Waals surface area contributed by atoms with Gasteiger partial charge in [-0.1, -0.05) is 29.8 Å².